The number of carbonyl (C=O) groups excluding carboxylic acids is 2. The molecule has 1 heterocycles. The molecule has 0 spiro atoms. The maximum atomic E-state index is 13.9. The molecule has 26 heavy (non-hydrogen) atoms. The molecular formula is C18H14F2N2O4. The monoisotopic (exact) mass is 360 g/mol. The number of carbonyl (C=O) groups is 2. The Morgan fingerprint density at radius 3 is 2.77 bits per heavy atom. The molecule has 1 aliphatic heterocycles. The van der Waals surface area contributed by atoms with E-state index in [0.29, 0.717) is 11.3 Å². The molecule has 1 aliphatic rings. The van der Waals surface area contributed by atoms with Crippen molar-refractivity contribution in [1.29, 1.82) is 0 Å². The SMILES string of the molecule is COC(=O)c1ccc(F)c(NC(=O)C2CC(c3cccc(F)c3)=NO2)c1. The van der Waals surface area contributed by atoms with E-state index in [-0.39, 0.29) is 17.7 Å². The van der Waals surface area contributed by atoms with Crippen LogP contribution in [0.5, 0.6) is 0 Å². The number of hydrogen-bond donors (Lipinski definition) is 1. The molecule has 2 aromatic carbocycles. The van der Waals surface area contributed by atoms with Gasteiger partial charge in [0.2, 0.25) is 6.10 Å². The number of nitrogens with zero attached hydrogens (tertiary/aromatic N) is 1. The van der Waals surface area contributed by atoms with Crippen LogP contribution in [0.2, 0.25) is 0 Å². The van der Waals surface area contributed by atoms with Gasteiger partial charge in [-0.3, -0.25) is 4.79 Å². The maximum Gasteiger partial charge on any atom is 0.337 e. The molecule has 6 nitrogen and oxygen atoms in total. The van der Waals surface area contributed by atoms with Crippen molar-refractivity contribution in [2.45, 2.75) is 12.5 Å². The minimum atomic E-state index is -0.991. The van der Waals surface area contributed by atoms with Crippen molar-refractivity contribution in [3.05, 3.63) is 65.2 Å². The van der Waals surface area contributed by atoms with Crippen LogP contribution >= 0.6 is 0 Å². The number of ether oxygens (including phenoxy) is 1. The Labute approximate surface area is 147 Å². The first-order valence-corrected chi connectivity index (χ1v) is 7.65. The van der Waals surface area contributed by atoms with E-state index in [2.05, 4.69) is 15.2 Å². The molecule has 1 N–H and O–H groups in total. The summed E-state index contributed by atoms with van der Waals surface area (Å²) in [6.07, 6.45) is -0.886. The van der Waals surface area contributed by atoms with E-state index < -0.39 is 29.6 Å². The number of rotatable bonds is 4. The van der Waals surface area contributed by atoms with Crippen LogP contribution in [0.1, 0.15) is 22.3 Å². The second kappa shape index (κ2) is 7.30. The molecule has 3 rings (SSSR count). The largest absolute Gasteiger partial charge is 0.465 e. The summed E-state index contributed by atoms with van der Waals surface area (Å²) < 4.78 is 31.7. The highest BCUT2D eigenvalue weighted by Crippen LogP contribution is 2.21. The van der Waals surface area contributed by atoms with E-state index >= 15 is 0 Å². The summed E-state index contributed by atoms with van der Waals surface area (Å²) in [6, 6.07) is 9.20. The highest BCUT2D eigenvalue weighted by Gasteiger charge is 2.29. The number of anilines is 1. The van der Waals surface area contributed by atoms with Crippen LogP contribution in [0.4, 0.5) is 14.5 Å². The van der Waals surface area contributed by atoms with E-state index in [0.717, 1.165) is 6.07 Å². The molecule has 0 bridgehead atoms. The Hall–Kier alpha value is -3.29. The first-order valence-electron chi connectivity index (χ1n) is 7.65. The highest BCUT2D eigenvalue weighted by atomic mass is 19.1. The smallest absolute Gasteiger partial charge is 0.337 e. The van der Waals surface area contributed by atoms with Crippen LogP contribution in [0, 0.1) is 11.6 Å². The Morgan fingerprint density at radius 1 is 1.23 bits per heavy atom. The average molecular weight is 360 g/mol. The molecular weight excluding hydrogens is 346 g/mol. The summed E-state index contributed by atoms with van der Waals surface area (Å²) in [5, 5.41) is 6.15. The van der Waals surface area contributed by atoms with E-state index in [1.54, 1.807) is 6.07 Å². The van der Waals surface area contributed by atoms with Crippen molar-refractivity contribution in [2.24, 2.45) is 5.16 Å². The van der Waals surface area contributed by atoms with Crippen molar-refractivity contribution >= 4 is 23.3 Å². The predicted molar refractivity (Wildman–Crippen MR) is 88.8 cm³/mol. The number of hydrogen-bond acceptors (Lipinski definition) is 5. The Balaban J connectivity index is 1.69. The van der Waals surface area contributed by atoms with E-state index in [1.807, 2.05) is 0 Å². The molecule has 0 fully saturated rings. The van der Waals surface area contributed by atoms with Crippen LogP contribution in [-0.2, 0) is 14.4 Å². The van der Waals surface area contributed by atoms with Gasteiger partial charge in [0, 0.05) is 12.0 Å². The molecule has 0 aliphatic carbocycles. The summed E-state index contributed by atoms with van der Waals surface area (Å²) >= 11 is 0. The van der Waals surface area contributed by atoms with Crippen LogP contribution < -0.4 is 5.32 Å². The molecule has 0 radical (unpaired) electrons. The molecule has 2 aromatic rings. The number of halogens is 2. The zero-order valence-corrected chi connectivity index (χ0v) is 13.7. The van der Waals surface area contributed by atoms with Gasteiger partial charge < -0.3 is 14.9 Å². The van der Waals surface area contributed by atoms with Gasteiger partial charge in [0.1, 0.15) is 11.6 Å². The summed E-state index contributed by atoms with van der Waals surface area (Å²) in [5.74, 6) is -2.44. The van der Waals surface area contributed by atoms with Gasteiger partial charge in [-0.2, -0.15) is 0 Å². The highest BCUT2D eigenvalue weighted by molar-refractivity contribution is 6.06. The summed E-state index contributed by atoms with van der Waals surface area (Å²) in [7, 11) is 1.20. The fourth-order valence-corrected chi connectivity index (χ4v) is 2.44. The van der Waals surface area contributed by atoms with Crippen molar-refractivity contribution < 1.29 is 27.9 Å². The van der Waals surface area contributed by atoms with Gasteiger partial charge in [0.25, 0.3) is 5.91 Å². The standard InChI is InChI=1S/C18H14F2N2O4/c1-25-18(24)11-5-6-13(20)15(8-11)21-17(23)16-9-14(22-26-16)10-3-2-4-12(19)7-10/h2-8,16H,9H2,1H3,(H,21,23). The number of amides is 1. The lowest BCUT2D eigenvalue weighted by atomic mass is 10.0. The molecule has 0 aromatic heterocycles. The lowest BCUT2D eigenvalue weighted by Gasteiger charge is -2.11. The topological polar surface area (TPSA) is 77.0 Å². The summed E-state index contributed by atoms with van der Waals surface area (Å²) in [4.78, 5) is 28.9. The number of benzene rings is 2. The second-order valence-corrected chi connectivity index (χ2v) is 5.52. The van der Waals surface area contributed by atoms with E-state index in [1.165, 1.54) is 37.4 Å². The Kier molecular flexibility index (Phi) is 4.92. The van der Waals surface area contributed by atoms with Gasteiger partial charge in [-0.1, -0.05) is 17.3 Å². The number of nitrogens with one attached hydrogen (secondary N) is 1. The second-order valence-electron chi connectivity index (χ2n) is 5.52. The summed E-state index contributed by atoms with van der Waals surface area (Å²) in [6.45, 7) is 0. The maximum absolute atomic E-state index is 13.9. The van der Waals surface area contributed by atoms with Crippen LogP contribution in [0.3, 0.4) is 0 Å². The minimum Gasteiger partial charge on any atom is -0.465 e. The van der Waals surface area contributed by atoms with Crippen molar-refractivity contribution in [3.63, 3.8) is 0 Å². The van der Waals surface area contributed by atoms with Gasteiger partial charge in [-0.05, 0) is 30.3 Å². The fourth-order valence-electron chi connectivity index (χ4n) is 2.44. The number of oxime groups is 1. The van der Waals surface area contributed by atoms with Crippen LogP contribution in [0.15, 0.2) is 47.6 Å². The van der Waals surface area contributed by atoms with Gasteiger partial charge in [-0.15, -0.1) is 0 Å². The van der Waals surface area contributed by atoms with Crippen LogP contribution in [0.25, 0.3) is 0 Å². The molecule has 8 heteroatoms. The third-order valence-electron chi connectivity index (χ3n) is 3.76. The van der Waals surface area contributed by atoms with Crippen molar-refractivity contribution in [1.82, 2.24) is 0 Å². The van der Waals surface area contributed by atoms with Gasteiger partial charge in [0.15, 0.2) is 0 Å². The molecule has 1 amide bonds. The van der Waals surface area contributed by atoms with Crippen LogP contribution in [-0.4, -0.2) is 30.8 Å². The third-order valence-corrected chi connectivity index (χ3v) is 3.76. The fraction of sp³-hybridized carbons (Fsp3) is 0.167. The van der Waals surface area contributed by atoms with Crippen molar-refractivity contribution in [2.75, 3.05) is 12.4 Å². The Bertz CT molecular complexity index is 899. The Morgan fingerprint density at radius 2 is 2.04 bits per heavy atom. The van der Waals surface area contributed by atoms with Gasteiger partial charge >= 0.3 is 5.97 Å². The van der Waals surface area contributed by atoms with Gasteiger partial charge in [-0.25, -0.2) is 13.6 Å². The summed E-state index contributed by atoms with van der Waals surface area (Å²) in [5.41, 5.74) is 0.821. The zero-order valence-electron chi connectivity index (χ0n) is 13.7. The zero-order chi connectivity index (χ0) is 18.7. The predicted octanol–water partition coefficient (Wildman–Crippen LogP) is 2.88. The van der Waals surface area contributed by atoms with E-state index in [4.69, 9.17) is 4.84 Å². The minimum absolute atomic E-state index is 0.0910. The molecule has 0 saturated heterocycles. The quantitative estimate of drug-likeness (QED) is 0.851. The first kappa shape index (κ1) is 17.5. The lowest BCUT2D eigenvalue weighted by molar-refractivity contribution is -0.125. The molecule has 1 atom stereocenters. The number of esters is 1. The first-order chi connectivity index (χ1) is 12.5. The average Bonchev–Trinajstić information content (AvgIpc) is 3.13. The molecule has 1 unspecified atom stereocenters. The van der Waals surface area contributed by atoms with Gasteiger partial charge in [0.05, 0.1) is 24.1 Å². The molecule has 134 valence electrons. The van der Waals surface area contributed by atoms with E-state index in [9.17, 15) is 18.4 Å². The number of methoxy groups -OCH3 is 1. The normalized spacial score (nSPS) is 15.8. The van der Waals surface area contributed by atoms with Crippen molar-refractivity contribution in [3.8, 4) is 0 Å². The third kappa shape index (κ3) is 3.69. The molecule has 0 saturated carbocycles. The lowest BCUT2D eigenvalue weighted by Crippen LogP contribution is -2.28.